The molecule has 2 aromatic rings. The average Bonchev–Trinajstić information content (AvgIpc) is 2.86. The van der Waals surface area contributed by atoms with E-state index in [2.05, 4.69) is 5.43 Å². The first-order chi connectivity index (χ1) is 10.2. The van der Waals surface area contributed by atoms with Crippen LogP contribution in [0.1, 0.15) is 38.0 Å². The molecule has 1 aromatic heterocycles. The molecule has 1 aromatic carbocycles. The molecule has 0 amide bonds. The van der Waals surface area contributed by atoms with Gasteiger partial charge in [-0.2, -0.15) is 0 Å². The van der Waals surface area contributed by atoms with Gasteiger partial charge < -0.3 is 9.15 Å². The standard InChI is InChI=1S/C16H21FN2O2/c1-2-20-12-6-10(7-12)8-14(19-18)15-9-11-4-3-5-13(17)16(11)21-15/h3-5,9-10,12,14,19H,2,6-8,18H2,1H3. The van der Waals surface area contributed by atoms with Gasteiger partial charge in [0.25, 0.3) is 0 Å². The van der Waals surface area contributed by atoms with Crippen LogP contribution in [0.3, 0.4) is 0 Å². The van der Waals surface area contributed by atoms with Gasteiger partial charge in [-0.3, -0.25) is 5.84 Å². The Labute approximate surface area is 123 Å². The number of nitrogens with two attached hydrogens (primary N) is 1. The fourth-order valence-electron chi connectivity index (χ4n) is 3.06. The predicted molar refractivity (Wildman–Crippen MR) is 79.0 cm³/mol. The number of fused-ring (bicyclic) bond motifs is 1. The molecule has 1 heterocycles. The number of ether oxygens (including phenoxy) is 1. The summed E-state index contributed by atoms with van der Waals surface area (Å²) in [5.41, 5.74) is 3.09. The molecule has 5 heteroatoms. The summed E-state index contributed by atoms with van der Waals surface area (Å²) in [7, 11) is 0. The number of rotatable bonds is 6. The molecule has 0 radical (unpaired) electrons. The predicted octanol–water partition coefficient (Wildman–Crippen LogP) is 3.28. The third kappa shape index (κ3) is 2.95. The van der Waals surface area contributed by atoms with Gasteiger partial charge in [0.1, 0.15) is 5.76 Å². The van der Waals surface area contributed by atoms with Crippen LogP contribution in [0.5, 0.6) is 0 Å². The molecule has 1 fully saturated rings. The van der Waals surface area contributed by atoms with Crippen molar-refractivity contribution < 1.29 is 13.5 Å². The molecule has 3 rings (SSSR count). The quantitative estimate of drug-likeness (QED) is 0.633. The summed E-state index contributed by atoms with van der Waals surface area (Å²) in [6, 6.07) is 6.69. The minimum Gasteiger partial charge on any atom is -0.456 e. The maximum Gasteiger partial charge on any atom is 0.169 e. The lowest BCUT2D eigenvalue weighted by Crippen LogP contribution is -2.36. The van der Waals surface area contributed by atoms with Gasteiger partial charge in [-0.15, -0.1) is 0 Å². The molecule has 0 saturated heterocycles. The van der Waals surface area contributed by atoms with Crippen molar-refractivity contribution in [2.24, 2.45) is 11.8 Å². The molecule has 1 unspecified atom stereocenters. The SMILES string of the molecule is CCOC1CC(CC(NN)c2cc3cccc(F)c3o2)C1. The third-order valence-corrected chi connectivity index (χ3v) is 4.22. The van der Waals surface area contributed by atoms with Gasteiger partial charge in [0.15, 0.2) is 11.4 Å². The van der Waals surface area contributed by atoms with Crippen molar-refractivity contribution in [2.75, 3.05) is 6.61 Å². The smallest absolute Gasteiger partial charge is 0.169 e. The van der Waals surface area contributed by atoms with E-state index in [1.807, 2.05) is 19.1 Å². The van der Waals surface area contributed by atoms with Crippen LogP contribution in [0.4, 0.5) is 4.39 Å². The number of furan rings is 1. The van der Waals surface area contributed by atoms with E-state index in [1.165, 1.54) is 6.07 Å². The lowest BCUT2D eigenvalue weighted by Gasteiger charge is -2.36. The number of hydrogen-bond acceptors (Lipinski definition) is 4. The highest BCUT2D eigenvalue weighted by Gasteiger charge is 2.32. The zero-order chi connectivity index (χ0) is 14.8. The second kappa shape index (κ2) is 6.13. The van der Waals surface area contributed by atoms with Crippen molar-refractivity contribution in [1.82, 2.24) is 5.43 Å². The summed E-state index contributed by atoms with van der Waals surface area (Å²) >= 11 is 0. The van der Waals surface area contributed by atoms with Crippen molar-refractivity contribution in [3.05, 3.63) is 35.8 Å². The molecule has 0 aliphatic heterocycles. The van der Waals surface area contributed by atoms with Crippen LogP contribution in [0.25, 0.3) is 11.0 Å². The monoisotopic (exact) mass is 292 g/mol. The fraction of sp³-hybridized carbons (Fsp3) is 0.500. The van der Waals surface area contributed by atoms with Crippen molar-refractivity contribution in [3.63, 3.8) is 0 Å². The summed E-state index contributed by atoms with van der Waals surface area (Å²) in [5, 5.41) is 0.769. The van der Waals surface area contributed by atoms with E-state index in [4.69, 9.17) is 15.0 Å². The topological polar surface area (TPSA) is 60.4 Å². The molecule has 3 N–H and O–H groups in total. The molecule has 0 bridgehead atoms. The number of hydrogen-bond donors (Lipinski definition) is 2. The molecule has 1 atom stereocenters. The molecule has 1 aliphatic carbocycles. The van der Waals surface area contributed by atoms with Crippen LogP contribution in [0.2, 0.25) is 0 Å². The van der Waals surface area contributed by atoms with Crippen molar-refractivity contribution in [2.45, 2.75) is 38.3 Å². The molecule has 0 spiro atoms. The number of hydrazine groups is 1. The summed E-state index contributed by atoms with van der Waals surface area (Å²) in [5.74, 6) is 6.57. The largest absolute Gasteiger partial charge is 0.456 e. The number of halogens is 1. The van der Waals surface area contributed by atoms with Gasteiger partial charge in [0.2, 0.25) is 0 Å². The first-order valence-corrected chi connectivity index (χ1v) is 7.47. The average molecular weight is 292 g/mol. The number of para-hydroxylation sites is 1. The summed E-state index contributed by atoms with van der Waals surface area (Å²) in [6.07, 6.45) is 3.37. The van der Waals surface area contributed by atoms with Crippen molar-refractivity contribution in [1.29, 1.82) is 0 Å². The van der Waals surface area contributed by atoms with E-state index < -0.39 is 0 Å². The molecular formula is C16H21FN2O2. The van der Waals surface area contributed by atoms with E-state index in [0.29, 0.717) is 23.4 Å². The summed E-state index contributed by atoms with van der Waals surface area (Å²) in [4.78, 5) is 0. The molecular weight excluding hydrogens is 271 g/mol. The summed E-state index contributed by atoms with van der Waals surface area (Å²) in [6.45, 7) is 2.78. The lowest BCUT2D eigenvalue weighted by atomic mass is 9.78. The number of benzene rings is 1. The van der Waals surface area contributed by atoms with Crippen LogP contribution in [0.15, 0.2) is 28.7 Å². The van der Waals surface area contributed by atoms with Crippen LogP contribution in [-0.2, 0) is 4.74 Å². The molecule has 1 saturated carbocycles. The Morgan fingerprint density at radius 1 is 1.48 bits per heavy atom. The number of nitrogens with one attached hydrogen (secondary N) is 1. The maximum atomic E-state index is 13.7. The Bertz CT molecular complexity index is 607. The Morgan fingerprint density at radius 2 is 2.29 bits per heavy atom. The van der Waals surface area contributed by atoms with Gasteiger partial charge in [0.05, 0.1) is 12.1 Å². The van der Waals surface area contributed by atoms with Gasteiger partial charge in [-0.25, -0.2) is 9.82 Å². The minimum absolute atomic E-state index is 0.0932. The normalized spacial score (nSPS) is 23.2. The third-order valence-electron chi connectivity index (χ3n) is 4.22. The maximum absolute atomic E-state index is 13.7. The second-order valence-corrected chi connectivity index (χ2v) is 5.68. The highest BCUT2D eigenvalue weighted by Crippen LogP contribution is 2.38. The lowest BCUT2D eigenvalue weighted by molar-refractivity contribution is -0.0296. The van der Waals surface area contributed by atoms with Crippen LogP contribution >= 0.6 is 0 Å². The Kier molecular flexibility index (Phi) is 4.24. The van der Waals surface area contributed by atoms with E-state index in [9.17, 15) is 4.39 Å². The second-order valence-electron chi connectivity index (χ2n) is 5.68. The zero-order valence-corrected chi connectivity index (χ0v) is 12.1. The minimum atomic E-state index is -0.338. The van der Waals surface area contributed by atoms with Crippen molar-refractivity contribution in [3.8, 4) is 0 Å². The molecule has 4 nitrogen and oxygen atoms in total. The highest BCUT2D eigenvalue weighted by molar-refractivity contribution is 5.78. The first-order valence-electron chi connectivity index (χ1n) is 7.47. The van der Waals surface area contributed by atoms with Gasteiger partial charge in [-0.05, 0) is 44.2 Å². The van der Waals surface area contributed by atoms with Gasteiger partial charge in [-0.1, -0.05) is 12.1 Å². The van der Waals surface area contributed by atoms with Crippen LogP contribution in [0, 0.1) is 11.7 Å². The highest BCUT2D eigenvalue weighted by atomic mass is 19.1. The van der Waals surface area contributed by atoms with Gasteiger partial charge >= 0.3 is 0 Å². The summed E-state index contributed by atoms with van der Waals surface area (Å²) < 4.78 is 24.9. The van der Waals surface area contributed by atoms with E-state index in [1.54, 1.807) is 6.07 Å². The van der Waals surface area contributed by atoms with E-state index in [-0.39, 0.29) is 11.9 Å². The van der Waals surface area contributed by atoms with Crippen molar-refractivity contribution >= 4 is 11.0 Å². The van der Waals surface area contributed by atoms with E-state index >= 15 is 0 Å². The zero-order valence-electron chi connectivity index (χ0n) is 12.1. The molecule has 1 aliphatic rings. The fourth-order valence-corrected chi connectivity index (χ4v) is 3.06. The van der Waals surface area contributed by atoms with Crippen LogP contribution < -0.4 is 11.3 Å². The Hall–Kier alpha value is -1.43. The Morgan fingerprint density at radius 3 is 2.95 bits per heavy atom. The van der Waals surface area contributed by atoms with Crippen LogP contribution in [-0.4, -0.2) is 12.7 Å². The molecule has 114 valence electrons. The Balaban J connectivity index is 1.69. The molecule has 21 heavy (non-hydrogen) atoms. The van der Waals surface area contributed by atoms with Gasteiger partial charge in [0, 0.05) is 12.0 Å². The first kappa shape index (κ1) is 14.5. The van der Waals surface area contributed by atoms with E-state index in [0.717, 1.165) is 31.3 Å².